The van der Waals surface area contributed by atoms with E-state index in [0.29, 0.717) is 16.3 Å². The number of hydrogen-bond acceptors (Lipinski definition) is 4. The van der Waals surface area contributed by atoms with E-state index in [1.54, 1.807) is 43.3 Å². The number of anilines is 1. The molecule has 2 amide bonds. The zero-order valence-electron chi connectivity index (χ0n) is 24.7. The standard InChI is InChI=1S/C32H39ClFN3O4S/c1-23-26(33)16-11-18-28(23)37(42(5,40)41)20-12-19-30(38)36(22-25-15-9-10-17-27(25)34)29(31(39)35-32(2,3)4)21-24-13-7-6-8-14-24/h6-11,13-18,29H,12,19-22H2,1-5H3,(H,35,39). The van der Waals surface area contributed by atoms with Gasteiger partial charge in [0.25, 0.3) is 0 Å². The Balaban J connectivity index is 1.93. The number of benzene rings is 3. The van der Waals surface area contributed by atoms with Gasteiger partial charge in [-0.25, -0.2) is 12.8 Å². The smallest absolute Gasteiger partial charge is 0.243 e. The summed E-state index contributed by atoms with van der Waals surface area (Å²) >= 11 is 6.25. The summed E-state index contributed by atoms with van der Waals surface area (Å²) in [6, 6.07) is 19.6. The van der Waals surface area contributed by atoms with Crippen molar-refractivity contribution in [1.29, 1.82) is 0 Å². The molecule has 0 aliphatic rings. The maximum Gasteiger partial charge on any atom is 0.243 e. The van der Waals surface area contributed by atoms with Gasteiger partial charge in [-0.15, -0.1) is 0 Å². The molecule has 0 aromatic heterocycles. The van der Waals surface area contributed by atoms with Crippen LogP contribution in [0.1, 0.15) is 50.3 Å². The summed E-state index contributed by atoms with van der Waals surface area (Å²) in [6.07, 6.45) is 1.44. The first kappa shape index (κ1) is 33.1. The average Bonchev–Trinajstić information content (AvgIpc) is 2.90. The lowest BCUT2D eigenvalue weighted by Gasteiger charge is -2.34. The quantitative estimate of drug-likeness (QED) is 0.275. The van der Waals surface area contributed by atoms with Gasteiger partial charge in [0, 0.05) is 42.1 Å². The first-order valence-electron chi connectivity index (χ1n) is 13.8. The minimum atomic E-state index is -3.68. The summed E-state index contributed by atoms with van der Waals surface area (Å²) in [4.78, 5) is 28.9. The van der Waals surface area contributed by atoms with Crippen LogP contribution in [0, 0.1) is 12.7 Å². The lowest BCUT2D eigenvalue weighted by atomic mass is 10.00. The normalized spacial score (nSPS) is 12.5. The molecule has 0 radical (unpaired) electrons. The predicted molar refractivity (Wildman–Crippen MR) is 166 cm³/mol. The van der Waals surface area contributed by atoms with E-state index in [2.05, 4.69) is 5.32 Å². The van der Waals surface area contributed by atoms with Gasteiger partial charge >= 0.3 is 0 Å². The van der Waals surface area contributed by atoms with Crippen molar-refractivity contribution >= 4 is 39.1 Å². The highest BCUT2D eigenvalue weighted by Gasteiger charge is 2.33. The second-order valence-electron chi connectivity index (χ2n) is 11.4. The summed E-state index contributed by atoms with van der Waals surface area (Å²) in [5, 5.41) is 3.41. The maximum absolute atomic E-state index is 14.8. The fourth-order valence-electron chi connectivity index (χ4n) is 4.67. The Kier molecular flexibility index (Phi) is 11.2. The molecule has 0 aliphatic heterocycles. The molecule has 1 N–H and O–H groups in total. The van der Waals surface area contributed by atoms with Crippen LogP contribution in [0.2, 0.25) is 5.02 Å². The van der Waals surface area contributed by atoms with Crippen LogP contribution in [-0.4, -0.2) is 49.5 Å². The Morgan fingerprint density at radius 3 is 2.24 bits per heavy atom. The van der Waals surface area contributed by atoms with Crippen LogP contribution < -0.4 is 9.62 Å². The van der Waals surface area contributed by atoms with Gasteiger partial charge in [-0.1, -0.05) is 66.2 Å². The number of nitrogens with zero attached hydrogens (tertiary/aromatic N) is 2. The van der Waals surface area contributed by atoms with Gasteiger partial charge in [0.2, 0.25) is 21.8 Å². The van der Waals surface area contributed by atoms with Crippen LogP contribution in [0.15, 0.2) is 72.8 Å². The van der Waals surface area contributed by atoms with E-state index in [9.17, 15) is 22.4 Å². The fourth-order valence-corrected chi connectivity index (χ4v) is 5.85. The number of nitrogens with one attached hydrogen (secondary N) is 1. The molecule has 1 unspecified atom stereocenters. The van der Waals surface area contributed by atoms with Crippen LogP contribution in [0.25, 0.3) is 0 Å². The Labute approximate surface area is 253 Å². The molecule has 0 heterocycles. The third-order valence-electron chi connectivity index (χ3n) is 6.73. The second-order valence-corrected chi connectivity index (χ2v) is 13.7. The van der Waals surface area contributed by atoms with Crippen LogP contribution in [0.4, 0.5) is 10.1 Å². The first-order chi connectivity index (χ1) is 19.7. The molecule has 0 bridgehead atoms. The van der Waals surface area contributed by atoms with Gasteiger partial charge in [-0.3, -0.25) is 13.9 Å². The molecule has 3 rings (SSSR count). The van der Waals surface area contributed by atoms with E-state index < -0.39 is 27.4 Å². The molecule has 0 aliphatic carbocycles. The molecular formula is C32H39ClFN3O4S. The molecule has 7 nitrogen and oxygen atoms in total. The molecule has 0 saturated carbocycles. The molecular weight excluding hydrogens is 577 g/mol. The molecule has 0 saturated heterocycles. The monoisotopic (exact) mass is 615 g/mol. The lowest BCUT2D eigenvalue weighted by molar-refractivity contribution is -0.142. The summed E-state index contributed by atoms with van der Waals surface area (Å²) in [7, 11) is -3.68. The van der Waals surface area contributed by atoms with Crippen molar-refractivity contribution in [3.05, 3.63) is 100 Å². The molecule has 1 atom stereocenters. The zero-order chi connectivity index (χ0) is 31.1. The number of sulfonamides is 1. The van der Waals surface area contributed by atoms with Crippen LogP contribution >= 0.6 is 11.6 Å². The minimum Gasteiger partial charge on any atom is -0.350 e. The summed E-state index contributed by atoms with van der Waals surface area (Å²) in [5.41, 5.74) is 1.60. The number of hydrogen-bond donors (Lipinski definition) is 1. The van der Waals surface area contributed by atoms with Gasteiger partial charge in [-0.05, 0) is 63.4 Å². The summed E-state index contributed by atoms with van der Waals surface area (Å²) in [5.74, 6) is -1.23. The number of carbonyl (C=O) groups is 2. The summed E-state index contributed by atoms with van der Waals surface area (Å²) in [6.45, 7) is 7.20. The van der Waals surface area contributed by atoms with Crippen molar-refractivity contribution in [3.8, 4) is 0 Å². The molecule has 0 spiro atoms. The third kappa shape index (κ3) is 9.29. The molecule has 10 heteroatoms. The summed E-state index contributed by atoms with van der Waals surface area (Å²) < 4.78 is 41.5. The molecule has 226 valence electrons. The second kappa shape index (κ2) is 14.2. The molecule has 42 heavy (non-hydrogen) atoms. The predicted octanol–water partition coefficient (Wildman–Crippen LogP) is 5.89. The largest absolute Gasteiger partial charge is 0.350 e. The van der Waals surface area contributed by atoms with Gasteiger partial charge in [0.1, 0.15) is 11.9 Å². The SMILES string of the molecule is Cc1c(Cl)cccc1N(CCCC(=O)N(Cc1ccccc1F)C(Cc1ccccc1)C(=O)NC(C)(C)C)S(C)(=O)=O. The average molecular weight is 616 g/mol. The van der Waals surface area contributed by atoms with E-state index >= 15 is 0 Å². The van der Waals surface area contributed by atoms with Gasteiger partial charge in [-0.2, -0.15) is 0 Å². The molecule has 3 aromatic rings. The van der Waals surface area contributed by atoms with Crippen LogP contribution in [0.3, 0.4) is 0 Å². The first-order valence-corrected chi connectivity index (χ1v) is 16.0. The number of rotatable bonds is 12. The fraction of sp³-hybridized carbons (Fsp3) is 0.375. The van der Waals surface area contributed by atoms with Crippen molar-refractivity contribution in [2.45, 2.75) is 65.1 Å². The maximum atomic E-state index is 14.8. The number of carbonyl (C=O) groups excluding carboxylic acids is 2. The Morgan fingerprint density at radius 2 is 1.62 bits per heavy atom. The number of halogens is 2. The van der Waals surface area contributed by atoms with Crippen LogP contribution in [-0.2, 0) is 32.6 Å². The van der Waals surface area contributed by atoms with E-state index in [4.69, 9.17) is 11.6 Å². The molecule has 0 fully saturated rings. The van der Waals surface area contributed by atoms with Crippen molar-refractivity contribution in [2.24, 2.45) is 0 Å². The van der Waals surface area contributed by atoms with Gasteiger partial charge < -0.3 is 10.2 Å². The highest BCUT2D eigenvalue weighted by molar-refractivity contribution is 7.92. The molecule has 3 aromatic carbocycles. The Hall–Kier alpha value is -3.43. The third-order valence-corrected chi connectivity index (χ3v) is 8.32. The van der Waals surface area contributed by atoms with Crippen molar-refractivity contribution < 1.29 is 22.4 Å². The van der Waals surface area contributed by atoms with Crippen LogP contribution in [0.5, 0.6) is 0 Å². The van der Waals surface area contributed by atoms with Crippen molar-refractivity contribution in [2.75, 3.05) is 17.1 Å². The van der Waals surface area contributed by atoms with E-state index in [1.807, 2.05) is 51.1 Å². The topological polar surface area (TPSA) is 86.8 Å². The highest BCUT2D eigenvalue weighted by atomic mass is 35.5. The highest BCUT2D eigenvalue weighted by Crippen LogP contribution is 2.29. The minimum absolute atomic E-state index is 0.0246. The number of amides is 2. The van der Waals surface area contributed by atoms with Gasteiger partial charge in [0.05, 0.1) is 11.9 Å². The van der Waals surface area contributed by atoms with E-state index in [-0.39, 0.29) is 49.7 Å². The Morgan fingerprint density at radius 1 is 0.976 bits per heavy atom. The van der Waals surface area contributed by atoms with Crippen molar-refractivity contribution in [3.63, 3.8) is 0 Å². The Bertz CT molecular complexity index is 1490. The van der Waals surface area contributed by atoms with Gasteiger partial charge in [0.15, 0.2) is 0 Å². The lowest BCUT2D eigenvalue weighted by Crippen LogP contribution is -2.54. The van der Waals surface area contributed by atoms with E-state index in [0.717, 1.165) is 11.8 Å². The zero-order valence-corrected chi connectivity index (χ0v) is 26.3. The van der Waals surface area contributed by atoms with E-state index in [1.165, 1.54) is 15.3 Å². The van der Waals surface area contributed by atoms with Crippen molar-refractivity contribution in [1.82, 2.24) is 10.2 Å².